The number of hydrogen-bond donors (Lipinski definition) is 2. The van der Waals surface area contributed by atoms with Crippen molar-refractivity contribution < 1.29 is 13.9 Å². The van der Waals surface area contributed by atoms with Gasteiger partial charge in [0.15, 0.2) is 11.6 Å². The van der Waals surface area contributed by atoms with Crippen LogP contribution in [0.5, 0.6) is 0 Å². The zero-order valence-corrected chi connectivity index (χ0v) is 15.8. The van der Waals surface area contributed by atoms with Gasteiger partial charge in [-0.05, 0) is 38.1 Å². The fraction of sp³-hybridized carbons (Fsp3) is 0.200. The van der Waals surface area contributed by atoms with Gasteiger partial charge in [0, 0.05) is 17.6 Å². The largest absolute Gasteiger partial charge is 0.391 e. The summed E-state index contributed by atoms with van der Waals surface area (Å²) in [5.41, 5.74) is 2.53. The van der Waals surface area contributed by atoms with E-state index in [9.17, 15) is 13.9 Å². The molecule has 148 valence electrons. The molecule has 0 spiro atoms. The summed E-state index contributed by atoms with van der Waals surface area (Å²) in [6.07, 6.45) is 3.62. The molecular formula is C20H18F2N6O. The minimum atomic E-state index is -0.606. The van der Waals surface area contributed by atoms with E-state index in [-0.39, 0.29) is 17.9 Å². The van der Waals surface area contributed by atoms with Crippen LogP contribution in [0.15, 0.2) is 42.9 Å². The van der Waals surface area contributed by atoms with Crippen LogP contribution in [0.25, 0.3) is 22.4 Å². The fourth-order valence-corrected chi connectivity index (χ4v) is 2.97. The van der Waals surface area contributed by atoms with Gasteiger partial charge in [-0.1, -0.05) is 0 Å². The standard InChI is InChI=1S/C20H18F2N6O/c1-11-3-4-14(21)18(25-11)16-7-13(5-6-23-16)26-19-15(22)8-24-17-10-28(9-12(2)29)27-20(17)19/h3-8,10,12,29H,9H2,1-2H3,(H,23,26)/t12-/m0/s1. The van der Waals surface area contributed by atoms with E-state index < -0.39 is 17.7 Å². The summed E-state index contributed by atoms with van der Waals surface area (Å²) in [6, 6.07) is 6.13. The highest BCUT2D eigenvalue weighted by Gasteiger charge is 2.15. The van der Waals surface area contributed by atoms with Crippen molar-refractivity contribution in [2.24, 2.45) is 0 Å². The monoisotopic (exact) mass is 396 g/mol. The molecule has 9 heteroatoms. The van der Waals surface area contributed by atoms with Crippen molar-refractivity contribution in [3.8, 4) is 11.4 Å². The van der Waals surface area contributed by atoms with Crippen molar-refractivity contribution in [3.05, 3.63) is 60.2 Å². The molecule has 2 N–H and O–H groups in total. The van der Waals surface area contributed by atoms with Crippen LogP contribution in [0.3, 0.4) is 0 Å². The van der Waals surface area contributed by atoms with Gasteiger partial charge >= 0.3 is 0 Å². The Hall–Kier alpha value is -3.46. The van der Waals surface area contributed by atoms with Crippen molar-refractivity contribution in [2.45, 2.75) is 26.5 Å². The summed E-state index contributed by atoms with van der Waals surface area (Å²) < 4.78 is 30.2. The third-order valence-corrected chi connectivity index (χ3v) is 4.24. The Balaban J connectivity index is 1.73. The quantitative estimate of drug-likeness (QED) is 0.536. The summed E-state index contributed by atoms with van der Waals surface area (Å²) in [6.45, 7) is 3.66. The maximum atomic E-state index is 14.5. The van der Waals surface area contributed by atoms with Crippen LogP contribution in [-0.4, -0.2) is 35.9 Å². The van der Waals surface area contributed by atoms with Crippen molar-refractivity contribution in [2.75, 3.05) is 5.32 Å². The Morgan fingerprint density at radius 2 is 2.00 bits per heavy atom. The van der Waals surface area contributed by atoms with E-state index >= 15 is 0 Å². The second-order valence-electron chi connectivity index (χ2n) is 6.75. The first-order valence-corrected chi connectivity index (χ1v) is 8.97. The smallest absolute Gasteiger partial charge is 0.167 e. The van der Waals surface area contributed by atoms with Crippen LogP contribution < -0.4 is 5.32 Å². The van der Waals surface area contributed by atoms with Crippen LogP contribution >= 0.6 is 0 Å². The third-order valence-electron chi connectivity index (χ3n) is 4.24. The van der Waals surface area contributed by atoms with Crippen LogP contribution in [0.2, 0.25) is 0 Å². The van der Waals surface area contributed by atoms with Gasteiger partial charge in [-0.3, -0.25) is 9.67 Å². The molecule has 0 saturated carbocycles. The number of rotatable bonds is 5. The lowest BCUT2D eigenvalue weighted by Crippen LogP contribution is -2.11. The molecule has 4 aromatic heterocycles. The van der Waals surface area contributed by atoms with Crippen molar-refractivity contribution in [3.63, 3.8) is 0 Å². The molecule has 0 fully saturated rings. The molecular weight excluding hydrogens is 378 g/mol. The molecule has 0 aromatic carbocycles. The summed E-state index contributed by atoms with van der Waals surface area (Å²) in [5, 5.41) is 16.9. The number of aliphatic hydroxyl groups is 1. The highest BCUT2D eigenvalue weighted by atomic mass is 19.1. The molecule has 0 bridgehead atoms. The molecule has 4 aromatic rings. The molecule has 4 heterocycles. The molecule has 1 atom stereocenters. The van der Waals surface area contributed by atoms with Crippen LogP contribution in [0.1, 0.15) is 12.6 Å². The average Bonchev–Trinajstić information content (AvgIpc) is 3.08. The van der Waals surface area contributed by atoms with E-state index in [1.165, 1.54) is 16.9 Å². The summed E-state index contributed by atoms with van der Waals surface area (Å²) in [7, 11) is 0. The van der Waals surface area contributed by atoms with Gasteiger partial charge in [-0.25, -0.2) is 18.7 Å². The van der Waals surface area contributed by atoms with E-state index in [0.29, 0.717) is 28.1 Å². The number of aromatic nitrogens is 5. The molecule has 7 nitrogen and oxygen atoms in total. The molecule has 0 amide bonds. The first kappa shape index (κ1) is 18.9. The van der Waals surface area contributed by atoms with E-state index in [0.717, 1.165) is 6.20 Å². The first-order valence-electron chi connectivity index (χ1n) is 8.97. The third kappa shape index (κ3) is 3.90. The second-order valence-corrected chi connectivity index (χ2v) is 6.75. The number of aliphatic hydroxyl groups excluding tert-OH is 1. The van der Waals surface area contributed by atoms with Gasteiger partial charge in [0.05, 0.1) is 30.7 Å². The normalized spacial score (nSPS) is 12.3. The summed E-state index contributed by atoms with van der Waals surface area (Å²) >= 11 is 0. The first-order chi connectivity index (χ1) is 13.9. The van der Waals surface area contributed by atoms with Crippen molar-refractivity contribution >= 4 is 22.4 Å². The Labute approximate surface area is 165 Å². The molecule has 0 unspecified atom stereocenters. The number of hydrogen-bond acceptors (Lipinski definition) is 6. The molecule has 4 rings (SSSR count). The van der Waals surface area contributed by atoms with Gasteiger partial charge in [-0.2, -0.15) is 5.10 Å². The summed E-state index contributed by atoms with van der Waals surface area (Å²) in [5.74, 6) is -1.08. The van der Waals surface area contributed by atoms with Gasteiger partial charge in [-0.15, -0.1) is 0 Å². The molecule has 29 heavy (non-hydrogen) atoms. The predicted molar refractivity (Wildman–Crippen MR) is 105 cm³/mol. The lowest BCUT2D eigenvalue weighted by atomic mass is 10.2. The van der Waals surface area contributed by atoms with E-state index in [2.05, 4.69) is 25.4 Å². The number of pyridine rings is 3. The molecule has 0 saturated heterocycles. The van der Waals surface area contributed by atoms with Gasteiger partial charge in [0.1, 0.15) is 22.4 Å². The van der Waals surface area contributed by atoms with Crippen LogP contribution in [0.4, 0.5) is 20.2 Å². The number of aryl methyl sites for hydroxylation is 1. The molecule has 0 aliphatic heterocycles. The van der Waals surface area contributed by atoms with Gasteiger partial charge < -0.3 is 10.4 Å². The highest BCUT2D eigenvalue weighted by Crippen LogP contribution is 2.29. The number of anilines is 2. The highest BCUT2D eigenvalue weighted by molar-refractivity contribution is 5.89. The van der Waals surface area contributed by atoms with E-state index in [1.807, 2.05) is 0 Å². The van der Waals surface area contributed by atoms with Crippen molar-refractivity contribution in [1.82, 2.24) is 24.7 Å². The van der Waals surface area contributed by atoms with Crippen molar-refractivity contribution in [1.29, 1.82) is 0 Å². The molecule has 0 radical (unpaired) electrons. The lowest BCUT2D eigenvalue weighted by Gasteiger charge is -2.10. The average molecular weight is 396 g/mol. The van der Waals surface area contributed by atoms with E-state index in [1.54, 1.807) is 38.2 Å². The van der Waals surface area contributed by atoms with Gasteiger partial charge in [0.2, 0.25) is 0 Å². The Bertz CT molecular complexity index is 1190. The topological polar surface area (TPSA) is 88.8 Å². The number of fused-ring (bicyclic) bond motifs is 1. The molecule has 0 aliphatic rings. The predicted octanol–water partition coefficient (Wildman–Crippen LogP) is 3.60. The molecule has 0 aliphatic carbocycles. The minimum Gasteiger partial charge on any atom is -0.391 e. The maximum absolute atomic E-state index is 14.5. The van der Waals surface area contributed by atoms with Crippen LogP contribution in [0, 0.1) is 18.6 Å². The van der Waals surface area contributed by atoms with E-state index in [4.69, 9.17) is 0 Å². The minimum absolute atomic E-state index is 0.121. The zero-order chi connectivity index (χ0) is 20.5. The second kappa shape index (κ2) is 7.51. The number of nitrogens with one attached hydrogen (secondary N) is 1. The Morgan fingerprint density at radius 1 is 1.17 bits per heavy atom. The zero-order valence-electron chi connectivity index (χ0n) is 15.8. The lowest BCUT2D eigenvalue weighted by molar-refractivity contribution is 0.169. The van der Waals surface area contributed by atoms with Gasteiger partial charge in [0.25, 0.3) is 0 Å². The summed E-state index contributed by atoms with van der Waals surface area (Å²) in [4.78, 5) is 12.4. The van der Waals surface area contributed by atoms with Crippen LogP contribution in [-0.2, 0) is 6.54 Å². The fourth-order valence-electron chi connectivity index (χ4n) is 2.97. The Kier molecular flexibility index (Phi) is 4.89. The maximum Gasteiger partial charge on any atom is 0.167 e. The SMILES string of the molecule is Cc1ccc(F)c(-c2cc(Nc3c(F)cnc4cn(C[C@H](C)O)nc34)ccn2)n1. The Morgan fingerprint density at radius 3 is 2.79 bits per heavy atom. The number of halogens is 2. The number of nitrogens with zero attached hydrogens (tertiary/aromatic N) is 5.